The Kier molecular flexibility index (Phi) is 7.70. The molecule has 3 rings (SSSR count). The Balaban J connectivity index is 1.78. The molecule has 0 aliphatic rings. The highest BCUT2D eigenvalue weighted by Crippen LogP contribution is 2.34. The quantitative estimate of drug-likeness (QED) is 0.339. The van der Waals surface area contributed by atoms with Crippen LogP contribution >= 0.6 is 27.5 Å². The van der Waals surface area contributed by atoms with E-state index in [0.717, 1.165) is 0 Å². The molecule has 0 fully saturated rings. The van der Waals surface area contributed by atoms with E-state index in [1.54, 1.807) is 50.2 Å². The number of amides is 1. The number of nitrogens with zero attached hydrogens (tertiary/aromatic N) is 4. The van der Waals surface area contributed by atoms with Crippen LogP contribution in [0.1, 0.15) is 6.92 Å². The second-order valence-electron chi connectivity index (χ2n) is 7.40. The molecule has 11 heteroatoms. The summed E-state index contributed by atoms with van der Waals surface area (Å²) in [6, 6.07) is 6.14. The van der Waals surface area contributed by atoms with Gasteiger partial charge < -0.3 is 20.7 Å². The molecule has 0 bridgehead atoms. The highest BCUT2D eigenvalue weighted by molar-refractivity contribution is 9.10. The first-order chi connectivity index (χ1) is 15.2. The van der Waals surface area contributed by atoms with Crippen LogP contribution in [-0.4, -0.2) is 54.1 Å². The zero-order valence-electron chi connectivity index (χ0n) is 17.7. The first-order valence-electron chi connectivity index (χ1n) is 9.61. The maximum atomic E-state index is 14.5. The fraction of sp³-hybridized carbons (Fsp3) is 0.286. The van der Waals surface area contributed by atoms with Crippen molar-refractivity contribution in [1.82, 2.24) is 20.2 Å². The third kappa shape index (κ3) is 5.76. The number of anilines is 3. The van der Waals surface area contributed by atoms with Crippen molar-refractivity contribution in [3.8, 4) is 5.75 Å². The van der Waals surface area contributed by atoms with Crippen LogP contribution in [0.15, 0.2) is 35.1 Å². The van der Waals surface area contributed by atoms with Gasteiger partial charge in [-0.2, -0.15) is 0 Å². The minimum Gasteiger partial charge on any atom is -0.489 e. The molecular formula is C21H22BrClFN6O2. The summed E-state index contributed by atoms with van der Waals surface area (Å²) >= 11 is 9.16. The molecule has 0 unspecified atom stereocenters. The van der Waals surface area contributed by atoms with Gasteiger partial charge >= 0.3 is 0 Å². The van der Waals surface area contributed by atoms with E-state index in [1.807, 2.05) is 0 Å². The number of benzene rings is 2. The largest absolute Gasteiger partial charge is 0.489 e. The normalized spacial score (nSPS) is 12.1. The van der Waals surface area contributed by atoms with Crippen molar-refractivity contribution < 1.29 is 13.9 Å². The van der Waals surface area contributed by atoms with Gasteiger partial charge in [0, 0.05) is 15.9 Å². The SMILES string of the molecule is C[C@@H](COc1cc2ncnc(Nc3ccc(Br)c(Cl)c3F)c2cc1N)[N]C(=O)CN(C)C. The van der Waals surface area contributed by atoms with Crippen molar-refractivity contribution >= 4 is 61.5 Å². The number of nitrogen functional groups attached to an aromatic ring is 1. The van der Waals surface area contributed by atoms with Crippen LogP contribution in [0.4, 0.5) is 21.6 Å². The Morgan fingerprint density at radius 1 is 1.38 bits per heavy atom. The lowest BCUT2D eigenvalue weighted by Crippen LogP contribution is -2.36. The van der Waals surface area contributed by atoms with Crippen LogP contribution in [0.3, 0.4) is 0 Å². The lowest BCUT2D eigenvalue weighted by Gasteiger charge is -2.16. The van der Waals surface area contributed by atoms with Crippen molar-refractivity contribution in [2.45, 2.75) is 13.0 Å². The molecular weight excluding hydrogens is 503 g/mol. The topological polar surface area (TPSA) is 107 Å². The number of halogens is 3. The Labute approximate surface area is 198 Å². The summed E-state index contributed by atoms with van der Waals surface area (Å²) in [6.45, 7) is 2.19. The Hall–Kier alpha value is -2.69. The second kappa shape index (κ2) is 10.3. The van der Waals surface area contributed by atoms with Gasteiger partial charge in [-0.3, -0.25) is 4.79 Å². The van der Waals surface area contributed by atoms with Gasteiger partial charge in [0.1, 0.15) is 24.5 Å². The van der Waals surface area contributed by atoms with Crippen molar-refractivity contribution in [3.63, 3.8) is 0 Å². The number of carbonyl (C=O) groups is 1. The Bertz CT molecular complexity index is 1150. The Morgan fingerprint density at radius 2 is 2.12 bits per heavy atom. The number of nitrogens with one attached hydrogen (secondary N) is 1. The van der Waals surface area contributed by atoms with Gasteiger partial charge in [0.25, 0.3) is 5.91 Å². The molecule has 2 aromatic carbocycles. The molecule has 1 atom stereocenters. The number of aromatic nitrogens is 2. The van der Waals surface area contributed by atoms with Crippen LogP contribution in [0.25, 0.3) is 10.9 Å². The molecule has 1 radical (unpaired) electrons. The van der Waals surface area contributed by atoms with E-state index in [2.05, 4.69) is 36.5 Å². The maximum absolute atomic E-state index is 14.5. The van der Waals surface area contributed by atoms with Gasteiger partial charge in [-0.15, -0.1) is 0 Å². The average molecular weight is 525 g/mol. The number of nitrogens with two attached hydrogens (primary N) is 1. The van der Waals surface area contributed by atoms with Gasteiger partial charge in [0.2, 0.25) is 0 Å². The molecule has 0 aliphatic heterocycles. The second-order valence-corrected chi connectivity index (χ2v) is 8.63. The predicted molar refractivity (Wildman–Crippen MR) is 127 cm³/mol. The molecule has 8 nitrogen and oxygen atoms in total. The van der Waals surface area contributed by atoms with Gasteiger partial charge in [-0.25, -0.2) is 19.7 Å². The fourth-order valence-corrected chi connectivity index (χ4v) is 3.35. The summed E-state index contributed by atoms with van der Waals surface area (Å²) in [7, 11) is 3.60. The number of fused-ring (bicyclic) bond motifs is 1. The summed E-state index contributed by atoms with van der Waals surface area (Å²) in [4.78, 5) is 22.0. The van der Waals surface area contributed by atoms with Crippen LogP contribution < -0.4 is 21.1 Å². The summed E-state index contributed by atoms with van der Waals surface area (Å²) in [6.07, 6.45) is 1.35. The zero-order chi connectivity index (χ0) is 23.4. The van der Waals surface area contributed by atoms with Gasteiger partial charge in [0.15, 0.2) is 5.82 Å². The molecule has 1 aromatic heterocycles. The van der Waals surface area contributed by atoms with Crippen LogP contribution in [-0.2, 0) is 4.79 Å². The van der Waals surface area contributed by atoms with E-state index in [4.69, 9.17) is 22.1 Å². The molecule has 169 valence electrons. The predicted octanol–water partition coefficient (Wildman–Crippen LogP) is 3.97. The summed E-state index contributed by atoms with van der Waals surface area (Å²) < 4.78 is 20.7. The smallest absolute Gasteiger partial charge is 0.255 e. The van der Waals surface area contributed by atoms with E-state index >= 15 is 0 Å². The summed E-state index contributed by atoms with van der Waals surface area (Å²) in [5, 5.41) is 7.55. The number of rotatable bonds is 8. The van der Waals surface area contributed by atoms with Gasteiger partial charge in [-0.05, 0) is 55.1 Å². The van der Waals surface area contributed by atoms with E-state index in [-0.39, 0.29) is 35.8 Å². The minimum absolute atomic E-state index is 0.0350. The van der Waals surface area contributed by atoms with Crippen LogP contribution in [0.5, 0.6) is 5.75 Å². The summed E-state index contributed by atoms with van der Waals surface area (Å²) in [5.74, 6) is -0.0612. The minimum atomic E-state index is -0.609. The van der Waals surface area contributed by atoms with E-state index in [9.17, 15) is 9.18 Å². The molecule has 1 amide bonds. The standard InChI is InChI=1S/C21H22BrClFN6O2/c1-11(28-18(31)8-30(2)3)9-32-17-7-16-12(6-14(17)25)21(27-10-26-16)29-15-5-4-13(22)19(23)20(15)24/h4-7,10-11H,8-9,25H2,1-3H3,(H,26,27,29)/t11-/m0/s1. The third-order valence-electron chi connectivity index (χ3n) is 4.35. The first-order valence-corrected chi connectivity index (χ1v) is 10.8. The number of hydrogen-bond acceptors (Lipinski definition) is 7. The lowest BCUT2D eigenvalue weighted by atomic mass is 10.2. The molecule has 0 spiro atoms. The number of carbonyl (C=O) groups excluding carboxylic acids is 1. The van der Waals surface area contributed by atoms with Crippen LogP contribution in [0, 0.1) is 5.82 Å². The lowest BCUT2D eigenvalue weighted by molar-refractivity contribution is -0.122. The number of hydrogen-bond donors (Lipinski definition) is 2. The monoisotopic (exact) mass is 523 g/mol. The highest BCUT2D eigenvalue weighted by atomic mass is 79.9. The van der Waals surface area contributed by atoms with E-state index in [1.165, 1.54) is 6.33 Å². The van der Waals surface area contributed by atoms with Gasteiger partial charge in [-0.1, -0.05) is 11.6 Å². The average Bonchev–Trinajstić information content (AvgIpc) is 2.72. The molecule has 0 saturated heterocycles. The molecule has 1 heterocycles. The van der Waals surface area contributed by atoms with Crippen molar-refractivity contribution in [2.24, 2.45) is 0 Å². The first kappa shape index (κ1) is 24.0. The van der Waals surface area contributed by atoms with Crippen molar-refractivity contribution in [2.75, 3.05) is 38.3 Å². The van der Waals surface area contributed by atoms with Crippen molar-refractivity contribution in [3.05, 3.63) is 45.9 Å². The van der Waals surface area contributed by atoms with E-state index < -0.39 is 5.82 Å². The Morgan fingerprint density at radius 3 is 2.84 bits per heavy atom. The third-order valence-corrected chi connectivity index (χ3v) is 5.61. The fourth-order valence-electron chi connectivity index (χ4n) is 2.88. The molecule has 3 aromatic rings. The highest BCUT2D eigenvalue weighted by Gasteiger charge is 2.16. The molecule has 3 N–H and O–H groups in total. The molecule has 0 aliphatic carbocycles. The summed E-state index contributed by atoms with van der Waals surface area (Å²) in [5.41, 5.74) is 7.21. The number of ether oxygens (including phenoxy) is 1. The van der Waals surface area contributed by atoms with Gasteiger partial charge in [0.05, 0.1) is 34.5 Å². The maximum Gasteiger partial charge on any atom is 0.255 e. The number of likely N-dealkylation sites (N-methyl/N-ethyl adjacent to an activating group) is 1. The molecule has 32 heavy (non-hydrogen) atoms. The van der Waals surface area contributed by atoms with Crippen LogP contribution in [0.2, 0.25) is 5.02 Å². The van der Waals surface area contributed by atoms with Crippen molar-refractivity contribution in [1.29, 1.82) is 0 Å². The molecule has 0 saturated carbocycles. The zero-order valence-corrected chi connectivity index (χ0v) is 20.0. The van der Waals surface area contributed by atoms with E-state index in [0.29, 0.717) is 32.6 Å².